The van der Waals surface area contributed by atoms with E-state index < -0.39 is 0 Å². The van der Waals surface area contributed by atoms with E-state index in [-0.39, 0.29) is 18.0 Å². The fourth-order valence-electron chi connectivity index (χ4n) is 3.36. The second kappa shape index (κ2) is 7.72. The molecule has 0 atom stereocenters. The zero-order valence-electron chi connectivity index (χ0n) is 16.6. The molecule has 4 rings (SSSR count). The number of fused-ring (bicyclic) bond motifs is 3. The van der Waals surface area contributed by atoms with E-state index in [0.717, 1.165) is 21.0 Å². The molecule has 9 heteroatoms. The van der Waals surface area contributed by atoms with Gasteiger partial charge in [0.1, 0.15) is 23.6 Å². The van der Waals surface area contributed by atoms with Crippen LogP contribution in [-0.4, -0.2) is 41.9 Å². The van der Waals surface area contributed by atoms with Crippen LogP contribution in [-0.2, 0) is 11.3 Å². The summed E-state index contributed by atoms with van der Waals surface area (Å²) in [6.45, 7) is -0.243. The number of likely N-dealkylation sites (N-methyl/N-ethyl adjacent to an activating group) is 1. The minimum Gasteiger partial charge on any atom is -0.495 e. The summed E-state index contributed by atoms with van der Waals surface area (Å²) in [6.07, 6.45) is 1.59. The predicted molar refractivity (Wildman–Crippen MR) is 116 cm³/mol. The highest BCUT2D eigenvalue weighted by Gasteiger charge is 2.20. The Balaban J connectivity index is 1.68. The van der Waals surface area contributed by atoms with Gasteiger partial charge in [-0.15, -0.1) is 0 Å². The molecule has 0 spiro atoms. The topological polar surface area (TPSA) is 89.4 Å². The van der Waals surface area contributed by atoms with E-state index in [2.05, 4.69) is 10.1 Å². The number of rotatable bonds is 5. The van der Waals surface area contributed by atoms with Crippen molar-refractivity contribution < 1.29 is 14.3 Å². The first-order chi connectivity index (χ1) is 14.4. The third-order valence-electron chi connectivity index (χ3n) is 4.99. The first kappa shape index (κ1) is 19.8. The molecule has 0 aliphatic carbocycles. The van der Waals surface area contributed by atoms with E-state index in [9.17, 15) is 9.59 Å². The van der Waals surface area contributed by atoms with Gasteiger partial charge < -0.3 is 19.4 Å². The Labute approximate surface area is 176 Å². The van der Waals surface area contributed by atoms with E-state index in [1.165, 1.54) is 19.1 Å². The minimum atomic E-state index is -0.370. The fraction of sp³-hybridized carbons (Fsp3) is 0.190. The van der Waals surface area contributed by atoms with Gasteiger partial charge in [-0.3, -0.25) is 9.59 Å². The highest BCUT2D eigenvalue weighted by atomic mass is 35.5. The molecule has 2 heterocycles. The highest BCUT2D eigenvalue weighted by Crippen LogP contribution is 2.37. The summed E-state index contributed by atoms with van der Waals surface area (Å²) in [5.74, 6) is 0.485. The molecule has 8 nitrogen and oxygen atoms in total. The van der Waals surface area contributed by atoms with Crippen LogP contribution in [0, 0.1) is 0 Å². The number of amides is 1. The molecule has 2 aromatic carbocycles. The Morgan fingerprint density at radius 1 is 1.17 bits per heavy atom. The van der Waals surface area contributed by atoms with Crippen molar-refractivity contribution in [1.82, 2.24) is 14.8 Å². The Bertz CT molecular complexity index is 1330. The molecule has 0 fully saturated rings. The molecule has 0 bridgehead atoms. The molecule has 30 heavy (non-hydrogen) atoms. The summed E-state index contributed by atoms with van der Waals surface area (Å²) in [5.41, 5.74) is 1.33. The Kier molecular flexibility index (Phi) is 5.09. The van der Waals surface area contributed by atoms with E-state index >= 15 is 0 Å². The number of halogens is 1. The summed E-state index contributed by atoms with van der Waals surface area (Å²) in [4.78, 5) is 30.3. The van der Waals surface area contributed by atoms with Crippen molar-refractivity contribution in [1.29, 1.82) is 0 Å². The smallest absolute Gasteiger partial charge is 0.291 e. The fourth-order valence-corrected chi connectivity index (χ4v) is 3.60. The van der Waals surface area contributed by atoms with Gasteiger partial charge in [-0.25, -0.2) is 4.68 Å². The van der Waals surface area contributed by atoms with Crippen molar-refractivity contribution >= 4 is 45.0 Å². The van der Waals surface area contributed by atoms with Crippen LogP contribution in [0.1, 0.15) is 0 Å². The summed E-state index contributed by atoms with van der Waals surface area (Å²) >= 11 is 6.21. The van der Waals surface area contributed by atoms with Gasteiger partial charge in [0.2, 0.25) is 5.91 Å². The standard InChI is InChI=1S/C21H19ClN4O4/c1-25(16-8-14(22)17(29-2)9-18(16)30-3)19(27)11-26-21(28)20-13(10-23-26)12-6-4-5-7-15(12)24-20/h4-10,24H,11H2,1-3H3. The van der Waals surface area contributed by atoms with Crippen molar-refractivity contribution in [3.63, 3.8) is 0 Å². The molecule has 0 saturated carbocycles. The second-order valence-corrected chi connectivity index (χ2v) is 7.09. The molecule has 1 amide bonds. The van der Waals surface area contributed by atoms with E-state index in [1.807, 2.05) is 24.3 Å². The third-order valence-corrected chi connectivity index (χ3v) is 5.29. The highest BCUT2D eigenvalue weighted by molar-refractivity contribution is 6.32. The first-order valence-corrected chi connectivity index (χ1v) is 9.47. The van der Waals surface area contributed by atoms with Crippen LogP contribution >= 0.6 is 11.6 Å². The van der Waals surface area contributed by atoms with E-state index in [0.29, 0.717) is 27.7 Å². The number of carbonyl (C=O) groups excluding carboxylic acids is 1. The van der Waals surface area contributed by atoms with Gasteiger partial charge in [-0.1, -0.05) is 29.8 Å². The van der Waals surface area contributed by atoms with Crippen molar-refractivity contribution in [2.45, 2.75) is 6.54 Å². The number of methoxy groups -OCH3 is 2. The number of H-pyrrole nitrogens is 1. The Morgan fingerprint density at radius 2 is 1.90 bits per heavy atom. The zero-order chi connectivity index (χ0) is 21.4. The molecule has 0 saturated heterocycles. The lowest BCUT2D eigenvalue weighted by Gasteiger charge is -2.21. The average molecular weight is 427 g/mol. The van der Waals surface area contributed by atoms with Gasteiger partial charge >= 0.3 is 0 Å². The van der Waals surface area contributed by atoms with E-state index in [1.54, 1.807) is 25.4 Å². The monoisotopic (exact) mass is 426 g/mol. The number of nitrogens with one attached hydrogen (secondary N) is 1. The number of benzene rings is 2. The van der Waals surface area contributed by atoms with Crippen LogP contribution in [0.25, 0.3) is 21.8 Å². The van der Waals surface area contributed by atoms with Crippen LogP contribution in [0.3, 0.4) is 0 Å². The number of nitrogens with zero attached hydrogens (tertiary/aromatic N) is 3. The molecule has 0 aliphatic heterocycles. The van der Waals surface area contributed by atoms with Gasteiger partial charge in [0, 0.05) is 29.4 Å². The van der Waals surface area contributed by atoms with Crippen molar-refractivity contribution in [3.05, 3.63) is 58.0 Å². The van der Waals surface area contributed by atoms with Crippen LogP contribution < -0.4 is 19.9 Å². The van der Waals surface area contributed by atoms with Crippen molar-refractivity contribution in [3.8, 4) is 11.5 Å². The third kappa shape index (κ3) is 3.25. The summed E-state index contributed by atoms with van der Waals surface area (Å²) in [5, 5.41) is 6.15. The van der Waals surface area contributed by atoms with Gasteiger partial charge in [0.25, 0.3) is 5.56 Å². The summed E-state index contributed by atoms with van der Waals surface area (Å²) in [7, 11) is 4.56. The SMILES string of the molecule is COc1cc(OC)c(N(C)C(=O)Cn2ncc3c([nH]c4ccccc43)c2=O)cc1Cl. The molecular weight excluding hydrogens is 408 g/mol. The van der Waals surface area contributed by atoms with Gasteiger partial charge in [0.15, 0.2) is 0 Å². The molecule has 4 aromatic rings. The van der Waals surface area contributed by atoms with Gasteiger partial charge in [-0.2, -0.15) is 5.10 Å². The zero-order valence-corrected chi connectivity index (χ0v) is 17.4. The Morgan fingerprint density at radius 3 is 2.63 bits per heavy atom. The average Bonchev–Trinajstić information content (AvgIpc) is 3.14. The lowest BCUT2D eigenvalue weighted by Crippen LogP contribution is -2.35. The molecular formula is C21H19ClN4O4. The number of aromatic nitrogens is 3. The number of carbonyl (C=O) groups is 1. The number of hydrogen-bond donors (Lipinski definition) is 1. The maximum atomic E-state index is 12.9. The van der Waals surface area contributed by atoms with Crippen LogP contribution in [0.15, 0.2) is 47.4 Å². The van der Waals surface area contributed by atoms with Gasteiger partial charge in [0.05, 0.1) is 31.1 Å². The number of hydrogen-bond acceptors (Lipinski definition) is 5. The van der Waals surface area contributed by atoms with Crippen molar-refractivity contribution in [2.24, 2.45) is 0 Å². The molecule has 154 valence electrons. The van der Waals surface area contributed by atoms with E-state index in [4.69, 9.17) is 21.1 Å². The van der Waals surface area contributed by atoms with Crippen LogP contribution in [0.2, 0.25) is 5.02 Å². The number of aromatic amines is 1. The van der Waals surface area contributed by atoms with Crippen LogP contribution in [0.4, 0.5) is 5.69 Å². The summed E-state index contributed by atoms with van der Waals surface area (Å²) in [6, 6.07) is 10.8. The largest absolute Gasteiger partial charge is 0.495 e. The van der Waals surface area contributed by atoms with Gasteiger partial charge in [-0.05, 0) is 12.1 Å². The normalized spacial score (nSPS) is 11.1. The van der Waals surface area contributed by atoms with Crippen LogP contribution in [0.5, 0.6) is 11.5 Å². The lowest BCUT2D eigenvalue weighted by molar-refractivity contribution is -0.119. The first-order valence-electron chi connectivity index (χ1n) is 9.09. The number of ether oxygens (including phenoxy) is 2. The predicted octanol–water partition coefficient (Wildman–Crippen LogP) is 3.21. The number of para-hydroxylation sites is 1. The maximum absolute atomic E-state index is 12.9. The Hall–Kier alpha value is -3.52. The lowest BCUT2D eigenvalue weighted by atomic mass is 10.2. The molecule has 2 aromatic heterocycles. The molecule has 0 aliphatic rings. The molecule has 1 N–H and O–H groups in total. The minimum absolute atomic E-state index is 0.243. The van der Waals surface area contributed by atoms with Crippen molar-refractivity contribution in [2.75, 3.05) is 26.2 Å². The summed E-state index contributed by atoms with van der Waals surface area (Å²) < 4.78 is 11.7. The number of anilines is 1. The maximum Gasteiger partial charge on any atom is 0.291 e. The molecule has 0 radical (unpaired) electrons. The molecule has 0 unspecified atom stereocenters. The quantitative estimate of drug-likeness (QED) is 0.529. The second-order valence-electron chi connectivity index (χ2n) is 6.68.